The molecule has 2 aliphatic rings. The molecule has 4 heteroatoms. The molecule has 1 aliphatic carbocycles. The number of nitrogens with zero attached hydrogens (tertiary/aromatic N) is 1. The number of anilines is 1. The smallest absolute Gasteiger partial charge is 0.320 e. The van der Waals surface area contributed by atoms with Crippen molar-refractivity contribution in [2.45, 2.75) is 37.0 Å². The first kappa shape index (κ1) is 12.9. The Labute approximate surface area is 118 Å². The predicted molar refractivity (Wildman–Crippen MR) is 80.7 cm³/mol. The third-order valence-corrected chi connectivity index (χ3v) is 5.41. The molecule has 2 amide bonds. The van der Waals surface area contributed by atoms with Gasteiger partial charge in [-0.15, -0.1) is 0 Å². The molecule has 1 aromatic carbocycles. The second-order valence-electron chi connectivity index (χ2n) is 5.25. The van der Waals surface area contributed by atoms with Crippen molar-refractivity contribution in [2.24, 2.45) is 0 Å². The van der Waals surface area contributed by atoms with E-state index in [9.17, 15) is 4.79 Å². The molecule has 1 aromatic rings. The van der Waals surface area contributed by atoms with Gasteiger partial charge in [0.2, 0.25) is 0 Å². The summed E-state index contributed by atoms with van der Waals surface area (Å²) in [6, 6.07) is 10.3. The molecule has 0 spiro atoms. The fraction of sp³-hybridized carbons (Fsp3) is 0.533. The van der Waals surface area contributed by atoms with Crippen molar-refractivity contribution in [3.05, 3.63) is 30.3 Å². The summed E-state index contributed by atoms with van der Waals surface area (Å²) in [6.07, 6.45) is 5.02. The molecule has 1 saturated carbocycles. The van der Waals surface area contributed by atoms with Crippen LogP contribution in [0, 0.1) is 0 Å². The Morgan fingerprint density at radius 3 is 2.84 bits per heavy atom. The second kappa shape index (κ2) is 5.87. The number of urea groups is 1. The lowest BCUT2D eigenvalue weighted by atomic mass is 9.93. The van der Waals surface area contributed by atoms with Crippen LogP contribution in [-0.2, 0) is 0 Å². The maximum absolute atomic E-state index is 12.4. The summed E-state index contributed by atoms with van der Waals surface area (Å²) < 4.78 is 0. The summed E-state index contributed by atoms with van der Waals surface area (Å²) in [7, 11) is 0. The number of carbonyl (C=O) groups excluding carboxylic acids is 1. The Bertz CT molecular complexity index is 435. The average Bonchev–Trinajstić information content (AvgIpc) is 2.47. The van der Waals surface area contributed by atoms with Crippen LogP contribution in [0.15, 0.2) is 30.3 Å². The standard InChI is InChI=1S/C15H20N2OS/c18-15(16-12-6-2-1-3-7-12)17-10-11-19-14-9-5-4-8-13(14)17/h1-3,6-7,13-14H,4-5,8-11H2,(H,16,18). The molecule has 1 saturated heterocycles. The molecular formula is C15H20N2OS. The molecule has 2 fully saturated rings. The van der Waals surface area contributed by atoms with Crippen LogP contribution in [0.4, 0.5) is 10.5 Å². The van der Waals surface area contributed by atoms with Crippen molar-refractivity contribution in [1.29, 1.82) is 0 Å². The van der Waals surface area contributed by atoms with Crippen LogP contribution in [0.3, 0.4) is 0 Å². The second-order valence-corrected chi connectivity index (χ2v) is 6.60. The van der Waals surface area contributed by atoms with E-state index < -0.39 is 0 Å². The van der Waals surface area contributed by atoms with Crippen molar-refractivity contribution in [1.82, 2.24) is 4.90 Å². The largest absolute Gasteiger partial charge is 0.322 e. The van der Waals surface area contributed by atoms with Crippen LogP contribution in [0.2, 0.25) is 0 Å². The van der Waals surface area contributed by atoms with Gasteiger partial charge in [-0.1, -0.05) is 31.0 Å². The van der Waals surface area contributed by atoms with E-state index in [0.717, 1.165) is 18.0 Å². The molecule has 3 nitrogen and oxygen atoms in total. The lowest BCUT2D eigenvalue weighted by Crippen LogP contribution is -2.53. The Kier molecular flexibility index (Phi) is 3.97. The zero-order valence-electron chi connectivity index (χ0n) is 11.0. The van der Waals surface area contributed by atoms with E-state index in [-0.39, 0.29) is 6.03 Å². The van der Waals surface area contributed by atoms with Gasteiger partial charge in [0.15, 0.2) is 0 Å². The highest BCUT2D eigenvalue weighted by Gasteiger charge is 2.36. The SMILES string of the molecule is O=C(Nc1ccccc1)N1CCSC2CCCCC21. The Morgan fingerprint density at radius 2 is 2.00 bits per heavy atom. The number of thioether (sulfide) groups is 1. The molecule has 2 atom stereocenters. The highest BCUT2D eigenvalue weighted by molar-refractivity contribution is 8.00. The highest BCUT2D eigenvalue weighted by Crippen LogP contribution is 2.35. The summed E-state index contributed by atoms with van der Waals surface area (Å²) >= 11 is 2.05. The third-order valence-electron chi connectivity index (χ3n) is 4.02. The molecule has 1 aliphatic heterocycles. The number of benzene rings is 1. The summed E-state index contributed by atoms with van der Waals surface area (Å²) in [5.74, 6) is 1.07. The van der Waals surface area contributed by atoms with E-state index in [2.05, 4.69) is 22.0 Å². The number of hydrogen-bond acceptors (Lipinski definition) is 2. The molecule has 1 heterocycles. The van der Waals surface area contributed by atoms with Gasteiger partial charge in [-0.25, -0.2) is 4.79 Å². The van der Waals surface area contributed by atoms with Crippen molar-refractivity contribution >= 4 is 23.5 Å². The summed E-state index contributed by atoms with van der Waals surface area (Å²) in [5, 5.41) is 3.68. The van der Waals surface area contributed by atoms with Crippen molar-refractivity contribution in [3.8, 4) is 0 Å². The number of nitrogens with one attached hydrogen (secondary N) is 1. The van der Waals surface area contributed by atoms with Crippen LogP contribution in [0.1, 0.15) is 25.7 Å². The third kappa shape index (κ3) is 2.89. The van der Waals surface area contributed by atoms with E-state index in [1.807, 2.05) is 30.3 Å². The van der Waals surface area contributed by atoms with Crippen LogP contribution in [0.5, 0.6) is 0 Å². The molecule has 102 valence electrons. The number of amides is 2. The zero-order chi connectivity index (χ0) is 13.1. The van der Waals surface area contributed by atoms with Gasteiger partial charge in [0.05, 0.1) is 0 Å². The lowest BCUT2D eigenvalue weighted by molar-refractivity contribution is 0.171. The summed E-state index contributed by atoms with van der Waals surface area (Å²) in [5.41, 5.74) is 0.887. The van der Waals surface area contributed by atoms with Gasteiger partial charge in [0.25, 0.3) is 0 Å². The monoisotopic (exact) mass is 276 g/mol. The molecule has 19 heavy (non-hydrogen) atoms. The fourth-order valence-corrected chi connectivity index (χ4v) is 4.51. The predicted octanol–water partition coefficient (Wildman–Crippen LogP) is 3.58. The normalized spacial score (nSPS) is 26.6. The molecule has 0 aromatic heterocycles. The maximum atomic E-state index is 12.4. The van der Waals surface area contributed by atoms with Gasteiger partial charge < -0.3 is 10.2 Å². The average molecular weight is 276 g/mol. The van der Waals surface area contributed by atoms with E-state index in [1.165, 1.54) is 25.7 Å². The van der Waals surface area contributed by atoms with Crippen molar-refractivity contribution < 1.29 is 4.79 Å². The number of fused-ring (bicyclic) bond motifs is 1. The molecular weight excluding hydrogens is 256 g/mol. The number of para-hydroxylation sites is 1. The topological polar surface area (TPSA) is 32.3 Å². The maximum Gasteiger partial charge on any atom is 0.322 e. The lowest BCUT2D eigenvalue weighted by Gasteiger charge is -2.43. The van der Waals surface area contributed by atoms with E-state index in [4.69, 9.17) is 0 Å². The molecule has 0 radical (unpaired) electrons. The Hall–Kier alpha value is -1.16. The minimum atomic E-state index is 0.0726. The molecule has 0 bridgehead atoms. The molecule has 3 rings (SSSR count). The Morgan fingerprint density at radius 1 is 1.21 bits per heavy atom. The minimum Gasteiger partial charge on any atom is -0.320 e. The number of hydrogen-bond donors (Lipinski definition) is 1. The van der Waals surface area contributed by atoms with Crippen LogP contribution in [-0.4, -0.2) is 34.5 Å². The van der Waals surface area contributed by atoms with Gasteiger partial charge in [-0.2, -0.15) is 11.8 Å². The van der Waals surface area contributed by atoms with E-state index in [1.54, 1.807) is 0 Å². The van der Waals surface area contributed by atoms with Gasteiger partial charge in [-0.3, -0.25) is 0 Å². The van der Waals surface area contributed by atoms with E-state index >= 15 is 0 Å². The fourth-order valence-electron chi connectivity index (χ4n) is 3.07. The van der Waals surface area contributed by atoms with Gasteiger partial charge in [-0.05, 0) is 25.0 Å². The minimum absolute atomic E-state index is 0.0726. The van der Waals surface area contributed by atoms with Crippen molar-refractivity contribution in [3.63, 3.8) is 0 Å². The Balaban J connectivity index is 1.68. The van der Waals surface area contributed by atoms with Gasteiger partial charge in [0.1, 0.15) is 0 Å². The molecule has 1 N–H and O–H groups in total. The first-order valence-corrected chi connectivity index (χ1v) is 8.14. The van der Waals surface area contributed by atoms with E-state index in [0.29, 0.717) is 11.3 Å². The van der Waals surface area contributed by atoms with Gasteiger partial charge >= 0.3 is 6.03 Å². The van der Waals surface area contributed by atoms with Crippen LogP contribution in [0.25, 0.3) is 0 Å². The number of rotatable bonds is 1. The zero-order valence-corrected chi connectivity index (χ0v) is 11.9. The molecule has 2 unspecified atom stereocenters. The summed E-state index contributed by atoms with van der Waals surface area (Å²) in [6.45, 7) is 0.879. The van der Waals surface area contributed by atoms with Crippen molar-refractivity contribution in [2.75, 3.05) is 17.6 Å². The summed E-state index contributed by atoms with van der Waals surface area (Å²) in [4.78, 5) is 14.5. The van der Waals surface area contributed by atoms with Gasteiger partial charge in [0, 0.05) is 29.3 Å². The quantitative estimate of drug-likeness (QED) is 0.850. The van der Waals surface area contributed by atoms with Crippen LogP contribution < -0.4 is 5.32 Å². The van der Waals surface area contributed by atoms with Crippen LogP contribution >= 0.6 is 11.8 Å². The first-order chi connectivity index (χ1) is 9.34. The highest BCUT2D eigenvalue weighted by atomic mass is 32.2. The number of carbonyl (C=O) groups is 1. The first-order valence-electron chi connectivity index (χ1n) is 7.09.